The Morgan fingerprint density at radius 2 is 1.77 bits per heavy atom. The molecule has 1 aliphatic rings. The minimum atomic E-state index is 0.000580. The van der Waals surface area contributed by atoms with Crippen LogP contribution in [0, 0.1) is 0 Å². The monoisotopic (exact) mass is 308 g/mol. The Hall–Kier alpha value is -1.95. The molecule has 0 bridgehead atoms. The summed E-state index contributed by atoms with van der Waals surface area (Å²) in [5, 5.41) is 0. The van der Waals surface area contributed by atoms with Crippen LogP contribution in [0.15, 0.2) is 18.2 Å². The molecule has 0 radical (unpaired) electrons. The van der Waals surface area contributed by atoms with Gasteiger partial charge in [0.05, 0.1) is 14.2 Å². The summed E-state index contributed by atoms with van der Waals surface area (Å²) in [5.41, 5.74) is 0. The van der Waals surface area contributed by atoms with Crippen LogP contribution < -0.4 is 14.2 Å². The van der Waals surface area contributed by atoms with Crippen LogP contribution in [-0.4, -0.2) is 69.3 Å². The molecule has 0 aromatic heterocycles. The second-order valence-electron chi connectivity index (χ2n) is 5.10. The lowest BCUT2D eigenvalue weighted by Gasteiger charge is -2.34. The molecule has 6 heteroatoms. The van der Waals surface area contributed by atoms with Crippen LogP contribution in [0.1, 0.15) is 6.92 Å². The minimum absolute atomic E-state index is 0.000580. The smallest absolute Gasteiger partial charge is 0.260 e. The van der Waals surface area contributed by atoms with Crippen molar-refractivity contribution in [2.24, 2.45) is 0 Å². The van der Waals surface area contributed by atoms with Gasteiger partial charge in [-0.3, -0.25) is 4.79 Å². The molecule has 1 fully saturated rings. The first-order chi connectivity index (χ1) is 10.7. The number of rotatable bonds is 6. The van der Waals surface area contributed by atoms with Gasteiger partial charge in [0.1, 0.15) is 0 Å². The van der Waals surface area contributed by atoms with Crippen molar-refractivity contribution in [2.45, 2.75) is 6.92 Å². The lowest BCUT2D eigenvalue weighted by atomic mass is 10.3. The third-order valence-electron chi connectivity index (χ3n) is 3.89. The van der Waals surface area contributed by atoms with Crippen molar-refractivity contribution < 1.29 is 19.0 Å². The van der Waals surface area contributed by atoms with Gasteiger partial charge in [-0.15, -0.1) is 0 Å². The predicted molar refractivity (Wildman–Crippen MR) is 83.7 cm³/mol. The number of carbonyl (C=O) groups excluding carboxylic acids is 1. The molecule has 0 spiro atoms. The molecular weight excluding hydrogens is 284 g/mol. The maximum atomic E-state index is 12.2. The number of para-hydroxylation sites is 1. The van der Waals surface area contributed by atoms with Gasteiger partial charge in [-0.1, -0.05) is 13.0 Å². The molecule has 1 aromatic rings. The summed E-state index contributed by atoms with van der Waals surface area (Å²) in [6.45, 7) is 6.52. The molecule has 0 N–H and O–H groups in total. The first-order valence-electron chi connectivity index (χ1n) is 7.53. The van der Waals surface area contributed by atoms with Crippen molar-refractivity contribution in [2.75, 3.05) is 53.6 Å². The second kappa shape index (κ2) is 7.89. The highest BCUT2D eigenvalue weighted by Crippen LogP contribution is 2.36. The first-order valence-corrected chi connectivity index (χ1v) is 7.53. The van der Waals surface area contributed by atoms with Crippen molar-refractivity contribution in [3.8, 4) is 17.2 Å². The Kier molecular flexibility index (Phi) is 5.89. The molecule has 1 aromatic carbocycles. The van der Waals surface area contributed by atoms with Crippen molar-refractivity contribution in [1.29, 1.82) is 0 Å². The highest BCUT2D eigenvalue weighted by atomic mass is 16.5. The van der Waals surface area contributed by atoms with Crippen molar-refractivity contribution in [1.82, 2.24) is 9.80 Å². The molecule has 1 aliphatic heterocycles. The summed E-state index contributed by atoms with van der Waals surface area (Å²) < 4.78 is 16.1. The molecule has 6 nitrogen and oxygen atoms in total. The number of methoxy groups -OCH3 is 2. The summed E-state index contributed by atoms with van der Waals surface area (Å²) in [7, 11) is 3.12. The van der Waals surface area contributed by atoms with E-state index in [9.17, 15) is 4.79 Å². The Bertz CT molecular complexity index is 499. The molecule has 122 valence electrons. The number of benzene rings is 1. The van der Waals surface area contributed by atoms with Crippen molar-refractivity contribution in [3.63, 3.8) is 0 Å². The Labute approximate surface area is 131 Å². The number of piperazine rings is 1. The zero-order chi connectivity index (χ0) is 15.9. The highest BCUT2D eigenvalue weighted by Gasteiger charge is 2.21. The zero-order valence-corrected chi connectivity index (χ0v) is 13.5. The molecule has 22 heavy (non-hydrogen) atoms. The molecule has 2 rings (SSSR count). The van der Waals surface area contributed by atoms with E-state index in [1.807, 2.05) is 4.90 Å². The Morgan fingerprint density at radius 1 is 1.09 bits per heavy atom. The van der Waals surface area contributed by atoms with Gasteiger partial charge in [0, 0.05) is 26.2 Å². The molecule has 1 amide bonds. The summed E-state index contributed by atoms with van der Waals surface area (Å²) in [5.74, 6) is 1.61. The number of hydrogen-bond acceptors (Lipinski definition) is 5. The summed E-state index contributed by atoms with van der Waals surface area (Å²) in [6, 6.07) is 5.36. The lowest BCUT2D eigenvalue weighted by Crippen LogP contribution is -2.49. The molecule has 1 heterocycles. The van der Waals surface area contributed by atoms with Crippen molar-refractivity contribution >= 4 is 5.91 Å². The maximum absolute atomic E-state index is 12.2. The van der Waals surface area contributed by atoms with Crippen LogP contribution in [0.3, 0.4) is 0 Å². The van der Waals surface area contributed by atoms with Crippen LogP contribution in [0.4, 0.5) is 0 Å². The van der Waals surface area contributed by atoms with E-state index in [4.69, 9.17) is 14.2 Å². The predicted octanol–water partition coefficient (Wildman–Crippen LogP) is 1.25. The summed E-state index contributed by atoms with van der Waals surface area (Å²) in [4.78, 5) is 16.4. The molecule has 0 atom stereocenters. The Balaban J connectivity index is 1.92. The normalized spacial score (nSPS) is 15.5. The summed E-state index contributed by atoms with van der Waals surface area (Å²) in [6.07, 6.45) is 0. The average Bonchev–Trinajstić information content (AvgIpc) is 2.59. The van der Waals surface area contributed by atoms with Crippen LogP contribution >= 0.6 is 0 Å². The van der Waals surface area contributed by atoms with E-state index < -0.39 is 0 Å². The number of likely N-dealkylation sites (N-methyl/N-ethyl adjacent to an activating group) is 1. The van der Waals surface area contributed by atoms with E-state index in [2.05, 4.69) is 11.8 Å². The van der Waals surface area contributed by atoms with Gasteiger partial charge in [0.25, 0.3) is 5.91 Å². The fraction of sp³-hybridized carbons (Fsp3) is 0.562. The van der Waals surface area contributed by atoms with Gasteiger partial charge in [-0.25, -0.2) is 0 Å². The topological polar surface area (TPSA) is 51.2 Å². The molecule has 0 saturated carbocycles. The maximum Gasteiger partial charge on any atom is 0.260 e. The third kappa shape index (κ3) is 3.82. The number of carbonyl (C=O) groups is 1. The van der Waals surface area contributed by atoms with Gasteiger partial charge in [-0.2, -0.15) is 0 Å². The van der Waals surface area contributed by atoms with Crippen LogP contribution in [0.2, 0.25) is 0 Å². The SMILES string of the molecule is CCN1CCN(C(=O)COc2cccc(OC)c2OC)CC1. The third-order valence-corrected chi connectivity index (χ3v) is 3.89. The van der Waals surface area contributed by atoms with E-state index >= 15 is 0 Å². The number of ether oxygens (including phenoxy) is 3. The first kappa shape index (κ1) is 16.4. The zero-order valence-electron chi connectivity index (χ0n) is 13.5. The van der Waals surface area contributed by atoms with Crippen LogP contribution in [0.5, 0.6) is 17.2 Å². The summed E-state index contributed by atoms with van der Waals surface area (Å²) >= 11 is 0. The quantitative estimate of drug-likeness (QED) is 0.791. The molecule has 0 unspecified atom stereocenters. The van der Waals surface area contributed by atoms with Crippen LogP contribution in [0.25, 0.3) is 0 Å². The van der Waals surface area contributed by atoms with E-state index in [1.165, 1.54) is 0 Å². The lowest BCUT2D eigenvalue weighted by molar-refractivity contribution is -0.135. The largest absolute Gasteiger partial charge is 0.493 e. The minimum Gasteiger partial charge on any atom is -0.493 e. The van der Waals surface area contributed by atoms with E-state index in [-0.39, 0.29) is 12.5 Å². The second-order valence-corrected chi connectivity index (χ2v) is 5.10. The van der Waals surface area contributed by atoms with E-state index in [0.29, 0.717) is 17.2 Å². The average molecular weight is 308 g/mol. The van der Waals surface area contributed by atoms with E-state index in [0.717, 1.165) is 32.7 Å². The van der Waals surface area contributed by atoms with Gasteiger partial charge < -0.3 is 24.0 Å². The number of nitrogens with zero attached hydrogens (tertiary/aromatic N) is 2. The highest BCUT2D eigenvalue weighted by molar-refractivity contribution is 5.78. The van der Waals surface area contributed by atoms with Gasteiger partial charge in [0.15, 0.2) is 18.1 Å². The van der Waals surface area contributed by atoms with Gasteiger partial charge in [-0.05, 0) is 18.7 Å². The molecule has 0 aliphatic carbocycles. The standard InChI is InChI=1S/C16H24N2O4/c1-4-17-8-10-18(11-9-17)15(19)12-22-14-7-5-6-13(20-2)16(14)21-3/h5-7H,4,8-12H2,1-3H3. The fourth-order valence-electron chi connectivity index (χ4n) is 2.52. The fourth-order valence-corrected chi connectivity index (χ4v) is 2.52. The Morgan fingerprint density at radius 3 is 2.36 bits per heavy atom. The van der Waals surface area contributed by atoms with Crippen LogP contribution in [-0.2, 0) is 4.79 Å². The molecule has 1 saturated heterocycles. The molecular formula is C16H24N2O4. The van der Waals surface area contributed by atoms with E-state index in [1.54, 1.807) is 32.4 Å². The number of hydrogen-bond donors (Lipinski definition) is 0. The van der Waals surface area contributed by atoms with Gasteiger partial charge in [0.2, 0.25) is 5.75 Å². The number of amides is 1. The van der Waals surface area contributed by atoms with Crippen molar-refractivity contribution in [3.05, 3.63) is 18.2 Å². The van der Waals surface area contributed by atoms with Gasteiger partial charge >= 0.3 is 0 Å².